The molecule has 0 radical (unpaired) electrons. The lowest BCUT2D eigenvalue weighted by atomic mass is 9.48. The molecule has 7 heteroatoms. The number of hydrogen-bond donors (Lipinski definition) is 1. The van der Waals surface area contributed by atoms with Crippen molar-refractivity contribution in [2.24, 2.45) is 17.8 Å². The molecule has 6 rings (SSSR count). The van der Waals surface area contributed by atoms with Crippen LogP contribution < -0.4 is 9.47 Å². The van der Waals surface area contributed by atoms with Crippen molar-refractivity contribution in [1.82, 2.24) is 0 Å². The molecule has 2 aromatic carbocycles. The molecule has 7 nitrogen and oxygen atoms in total. The first kappa shape index (κ1) is 23.8. The largest absolute Gasteiger partial charge is 0.478 e. The number of carbonyl (C=O) groups is 2. The summed E-state index contributed by atoms with van der Waals surface area (Å²) in [7, 11) is 1.55. The molecule has 1 unspecified atom stereocenters. The zero-order valence-corrected chi connectivity index (χ0v) is 20.2. The second-order valence-corrected chi connectivity index (χ2v) is 10.2. The van der Waals surface area contributed by atoms with Gasteiger partial charge >= 0.3 is 18.4 Å². The summed E-state index contributed by atoms with van der Waals surface area (Å²) in [6.45, 7) is 1.52. The number of carbonyl (C=O) groups excluding carboxylic acids is 1. The zero-order chi connectivity index (χ0) is 24.6. The molecule has 4 aliphatic rings. The average Bonchev–Trinajstić information content (AvgIpc) is 2.83. The monoisotopic (exact) mass is 480 g/mol. The van der Waals surface area contributed by atoms with Crippen LogP contribution in [0.4, 0.5) is 0 Å². The maximum absolute atomic E-state index is 13.1. The fourth-order valence-corrected chi connectivity index (χ4v) is 6.84. The highest BCUT2D eigenvalue weighted by atomic mass is 16.8. The predicted molar refractivity (Wildman–Crippen MR) is 128 cm³/mol. The molecule has 0 aliphatic heterocycles. The summed E-state index contributed by atoms with van der Waals surface area (Å²) in [6.07, 6.45) is 7.25. The van der Waals surface area contributed by atoms with Crippen LogP contribution in [0.3, 0.4) is 0 Å². The Morgan fingerprint density at radius 1 is 0.971 bits per heavy atom. The molecule has 1 N–H and O–H groups in total. The average molecular weight is 481 g/mol. The van der Waals surface area contributed by atoms with Crippen molar-refractivity contribution in [3.63, 3.8) is 0 Å². The van der Waals surface area contributed by atoms with Gasteiger partial charge in [-0.3, -0.25) is 0 Å². The van der Waals surface area contributed by atoms with E-state index in [1.54, 1.807) is 13.2 Å². The molecule has 35 heavy (non-hydrogen) atoms. The Labute approximate surface area is 205 Å². The number of carboxylic acid groups (broad SMARTS) is 1. The van der Waals surface area contributed by atoms with Gasteiger partial charge in [-0.05, 0) is 111 Å². The van der Waals surface area contributed by atoms with Crippen LogP contribution in [-0.4, -0.2) is 37.2 Å². The maximum atomic E-state index is 13.1. The molecule has 4 bridgehead atoms. The first-order chi connectivity index (χ1) is 16.9. The van der Waals surface area contributed by atoms with Crippen molar-refractivity contribution in [2.45, 2.75) is 57.3 Å². The van der Waals surface area contributed by atoms with Gasteiger partial charge in [-0.15, -0.1) is 0 Å². The van der Waals surface area contributed by atoms with E-state index >= 15 is 0 Å². The Kier molecular flexibility index (Phi) is 6.55. The summed E-state index contributed by atoms with van der Waals surface area (Å²) in [5.74, 6) is 1.65. The van der Waals surface area contributed by atoms with Crippen LogP contribution in [0.5, 0.6) is 11.5 Å². The zero-order valence-electron chi connectivity index (χ0n) is 20.2. The van der Waals surface area contributed by atoms with Crippen LogP contribution in [0.25, 0.3) is 0 Å². The lowest BCUT2D eigenvalue weighted by Crippen LogP contribution is -2.48. The number of esters is 1. The van der Waals surface area contributed by atoms with Gasteiger partial charge in [0.25, 0.3) is 0 Å². The molecule has 2 aromatic rings. The standard InChI is InChI=1S/C28H32O7/c1-3-33-27(32-2)35-24-9-6-21(26(31)34-22-7-4-20(5-8-22)25(29)30)13-23(24)28-14-17-10-18(15-28)12-19(11-17)16-28/h4-9,13,17-19,27H,3,10-12,14-16H2,1-2H3,(H,29,30). The minimum atomic E-state index is -1.03. The van der Waals surface area contributed by atoms with Crippen LogP contribution in [0.15, 0.2) is 42.5 Å². The van der Waals surface area contributed by atoms with E-state index in [-0.39, 0.29) is 11.0 Å². The van der Waals surface area contributed by atoms with Crippen LogP contribution in [0, 0.1) is 17.8 Å². The minimum Gasteiger partial charge on any atom is -0.478 e. The highest BCUT2D eigenvalue weighted by molar-refractivity contribution is 5.92. The molecule has 0 heterocycles. The second-order valence-electron chi connectivity index (χ2n) is 10.2. The Morgan fingerprint density at radius 2 is 1.57 bits per heavy atom. The molecule has 4 aliphatic carbocycles. The molecule has 186 valence electrons. The SMILES string of the molecule is CCOC(OC)Oc1ccc(C(=O)Oc2ccc(C(=O)O)cc2)cc1C12CC3CC(CC(C3)C1)C2. The normalized spacial score (nSPS) is 27.4. The quantitative estimate of drug-likeness (QED) is 0.291. The maximum Gasteiger partial charge on any atom is 0.343 e. The van der Waals surface area contributed by atoms with E-state index in [1.807, 2.05) is 19.1 Å². The molecule has 0 saturated heterocycles. The van der Waals surface area contributed by atoms with Gasteiger partial charge in [-0.2, -0.15) is 0 Å². The van der Waals surface area contributed by atoms with E-state index in [4.69, 9.17) is 24.1 Å². The molecule has 1 atom stereocenters. The fourth-order valence-electron chi connectivity index (χ4n) is 6.84. The molecule has 0 aromatic heterocycles. The number of carboxylic acids is 1. The van der Waals surface area contributed by atoms with Gasteiger partial charge in [0.1, 0.15) is 11.5 Å². The van der Waals surface area contributed by atoms with Gasteiger partial charge in [-0.25, -0.2) is 9.59 Å². The summed E-state index contributed by atoms with van der Waals surface area (Å²) in [5.41, 5.74) is 1.59. The summed E-state index contributed by atoms with van der Waals surface area (Å²) >= 11 is 0. The van der Waals surface area contributed by atoms with E-state index in [0.29, 0.717) is 23.7 Å². The second kappa shape index (κ2) is 9.63. The van der Waals surface area contributed by atoms with Gasteiger partial charge in [-0.1, -0.05) is 0 Å². The van der Waals surface area contributed by atoms with E-state index in [1.165, 1.54) is 43.5 Å². The van der Waals surface area contributed by atoms with Crippen LogP contribution in [0.1, 0.15) is 71.7 Å². The van der Waals surface area contributed by atoms with Crippen LogP contribution >= 0.6 is 0 Å². The Morgan fingerprint density at radius 3 is 2.11 bits per heavy atom. The molecule has 0 amide bonds. The first-order valence-corrected chi connectivity index (χ1v) is 12.4. The number of benzene rings is 2. The van der Waals surface area contributed by atoms with Crippen LogP contribution in [0.2, 0.25) is 0 Å². The predicted octanol–water partition coefficient (Wildman–Crippen LogP) is 5.42. The van der Waals surface area contributed by atoms with Crippen molar-refractivity contribution in [3.8, 4) is 11.5 Å². The van der Waals surface area contributed by atoms with Gasteiger partial charge < -0.3 is 24.1 Å². The number of ether oxygens (including phenoxy) is 4. The summed E-state index contributed by atoms with van der Waals surface area (Å²) in [5, 5.41) is 9.09. The summed E-state index contributed by atoms with van der Waals surface area (Å²) in [6, 6.07) is 11.3. The van der Waals surface area contributed by atoms with Gasteiger partial charge in [0.05, 0.1) is 17.7 Å². The number of hydrogen-bond acceptors (Lipinski definition) is 6. The van der Waals surface area contributed by atoms with Crippen molar-refractivity contribution in [3.05, 3.63) is 59.2 Å². The fraction of sp³-hybridized carbons (Fsp3) is 0.500. The number of aromatic carboxylic acids is 1. The first-order valence-electron chi connectivity index (χ1n) is 12.4. The molecular formula is C28H32O7. The molecule has 4 saturated carbocycles. The smallest absolute Gasteiger partial charge is 0.343 e. The minimum absolute atomic E-state index is 0.0198. The topological polar surface area (TPSA) is 91.3 Å². The van der Waals surface area contributed by atoms with Gasteiger partial charge in [0, 0.05) is 12.7 Å². The highest BCUT2D eigenvalue weighted by Crippen LogP contribution is 2.62. The summed E-state index contributed by atoms with van der Waals surface area (Å²) < 4.78 is 22.7. The van der Waals surface area contributed by atoms with Crippen LogP contribution in [-0.2, 0) is 14.9 Å². The third-order valence-corrected chi connectivity index (χ3v) is 7.86. The lowest BCUT2D eigenvalue weighted by Gasteiger charge is -2.57. The lowest BCUT2D eigenvalue weighted by molar-refractivity contribution is -0.231. The Bertz CT molecular complexity index is 1060. The van der Waals surface area contributed by atoms with E-state index in [2.05, 4.69) is 0 Å². The van der Waals surface area contributed by atoms with Crippen molar-refractivity contribution >= 4 is 11.9 Å². The molecular weight excluding hydrogens is 448 g/mol. The van der Waals surface area contributed by atoms with E-state index < -0.39 is 18.4 Å². The molecule has 4 fully saturated rings. The van der Waals surface area contributed by atoms with E-state index in [0.717, 1.165) is 42.6 Å². The van der Waals surface area contributed by atoms with Crippen molar-refractivity contribution < 1.29 is 33.6 Å². The Hall–Kier alpha value is -2.90. The number of rotatable bonds is 9. The number of methoxy groups -OCH3 is 1. The molecule has 0 spiro atoms. The third-order valence-electron chi connectivity index (χ3n) is 7.86. The van der Waals surface area contributed by atoms with Crippen molar-refractivity contribution in [2.75, 3.05) is 13.7 Å². The Balaban J connectivity index is 1.46. The third kappa shape index (κ3) is 4.80. The highest BCUT2D eigenvalue weighted by Gasteiger charge is 2.52. The van der Waals surface area contributed by atoms with Crippen molar-refractivity contribution in [1.29, 1.82) is 0 Å². The van der Waals surface area contributed by atoms with Gasteiger partial charge in [0.15, 0.2) is 0 Å². The van der Waals surface area contributed by atoms with Gasteiger partial charge in [0.2, 0.25) is 0 Å². The summed E-state index contributed by atoms with van der Waals surface area (Å²) in [4.78, 5) is 24.2. The van der Waals surface area contributed by atoms with E-state index in [9.17, 15) is 9.59 Å².